The molecule has 2 aromatic carbocycles. The molecule has 3 nitrogen and oxygen atoms in total. The van der Waals surface area contributed by atoms with Crippen molar-refractivity contribution in [1.29, 1.82) is 0 Å². The van der Waals surface area contributed by atoms with Gasteiger partial charge < -0.3 is 10.3 Å². The number of hydrogen-bond donors (Lipinski definition) is 1. The zero-order chi connectivity index (χ0) is 16.3. The monoisotopic (exact) mass is 305 g/mol. The third kappa shape index (κ3) is 2.96. The minimum absolute atomic E-state index is 0.468. The largest absolute Gasteiger partial charge is 0.618 e. The van der Waals surface area contributed by atoms with Crippen LogP contribution >= 0.6 is 0 Å². The Morgan fingerprint density at radius 2 is 1.43 bits per heavy atom. The molecule has 0 aliphatic carbocycles. The lowest BCUT2D eigenvalue weighted by molar-refractivity contribution is -0.616. The van der Waals surface area contributed by atoms with Gasteiger partial charge in [-0.25, -0.2) is 0 Å². The van der Waals surface area contributed by atoms with Crippen molar-refractivity contribution in [2.24, 2.45) is 0 Å². The lowest BCUT2D eigenvalue weighted by atomic mass is 9.76. The van der Waals surface area contributed by atoms with E-state index in [0.717, 1.165) is 15.9 Å². The Labute approximate surface area is 136 Å². The molecule has 0 spiro atoms. The number of nitrogens with zero attached hydrogens (tertiary/aromatic N) is 1. The maximum atomic E-state index is 12.3. The summed E-state index contributed by atoms with van der Waals surface area (Å²) in [4.78, 5) is 0. The second-order valence-corrected chi connectivity index (χ2v) is 5.81. The highest BCUT2D eigenvalue weighted by molar-refractivity contribution is 5.36. The van der Waals surface area contributed by atoms with Crippen LogP contribution in [-0.4, -0.2) is 5.11 Å². The van der Waals surface area contributed by atoms with Crippen LogP contribution in [0.4, 0.5) is 0 Å². The first-order chi connectivity index (χ1) is 11.1. The molecule has 0 saturated carbocycles. The molecule has 0 radical (unpaired) electrons. The average Bonchev–Trinajstić information content (AvgIpc) is 2.58. The first-order valence-corrected chi connectivity index (χ1v) is 7.61. The van der Waals surface area contributed by atoms with Gasteiger partial charge in [0, 0.05) is 12.1 Å². The van der Waals surface area contributed by atoms with Gasteiger partial charge in [0.05, 0.1) is 0 Å². The summed E-state index contributed by atoms with van der Waals surface area (Å²) in [5, 5.41) is 23.6. The third-order valence-electron chi connectivity index (χ3n) is 4.20. The summed E-state index contributed by atoms with van der Waals surface area (Å²) in [5.74, 6) is -0.468. The van der Waals surface area contributed by atoms with Crippen LogP contribution in [0.25, 0.3) is 0 Å². The fourth-order valence-electron chi connectivity index (χ4n) is 3.04. The van der Waals surface area contributed by atoms with Crippen LogP contribution in [0.2, 0.25) is 0 Å². The summed E-state index contributed by atoms with van der Waals surface area (Å²) in [6, 6.07) is 24.4. The average molecular weight is 305 g/mol. The van der Waals surface area contributed by atoms with Crippen molar-refractivity contribution < 1.29 is 9.84 Å². The van der Waals surface area contributed by atoms with Crippen molar-refractivity contribution in [2.45, 2.75) is 18.4 Å². The molecule has 3 rings (SSSR count). The molecule has 0 amide bonds. The molecule has 3 aromatic rings. The molecule has 0 unspecified atom stereocenters. The first kappa shape index (κ1) is 15.3. The minimum atomic E-state index is -1.21. The van der Waals surface area contributed by atoms with Crippen LogP contribution in [0.3, 0.4) is 0 Å². The number of rotatable bonds is 4. The van der Waals surface area contributed by atoms with Gasteiger partial charge in [0.25, 0.3) is 0 Å². The number of aliphatic hydroxyl groups is 1. The molecule has 1 aromatic heterocycles. The van der Waals surface area contributed by atoms with E-state index in [2.05, 4.69) is 0 Å². The molecule has 116 valence electrons. The zero-order valence-electron chi connectivity index (χ0n) is 13.0. The predicted octanol–water partition coefficient (Wildman–Crippen LogP) is 3.36. The van der Waals surface area contributed by atoms with E-state index in [1.54, 1.807) is 19.1 Å². The predicted molar refractivity (Wildman–Crippen MR) is 89.7 cm³/mol. The highest BCUT2D eigenvalue weighted by Gasteiger charge is 2.40. The topological polar surface area (TPSA) is 47.2 Å². The molecule has 0 bridgehead atoms. The van der Waals surface area contributed by atoms with Crippen LogP contribution in [0.1, 0.15) is 29.7 Å². The Kier molecular flexibility index (Phi) is 4.13. The van der Waals surface area contributed by atoms with Gasteiger partial charge >= 0.3 is 0 Å². The van der Waals surface area contributed by atoms with Gasteiger partial charge in [-0.3, -0.25) is 0 Å². The maximum absolute atomic E-state index is 12.3. The molecule has 3 heteroatoms. The maximum Gasteiger partial charge on any atom is 0.203 e. The van der Waals surface area contributed by atoms with Crippen molar-refractivity contribution >= 4 is 0 Å². The Bertz CT molecular complexity index is 770. The van der Waals surface area contributed by atoms with Gasteiger partial charge in [0.15, 0.2) is 6.20 Å². The number of benzene rings is 2. The number of aromatic nitrogens is 1. The number of pyridine rings is 1. The Balaban J connectivity index is 2.19. The lowest BCUT2D eigenvalue weighted by Crippen LogP contribution is -2.40. The van der Waals surface area contributed by atoms with Gasteiger partial charge in [0.1, 0.15) is 11.5 Å². The first-order valence-electron chi connectivity index (χ1n) is 7.61. The normalized spacial score (nSPS) is 14.9. The molecule has 0 aliphatic rings. The van der Waals surface area contributed by atoms with Crippen LogP contribution in [0.5, 0.6) is 0 Å². The fraction of sp³-hybridized carbons (Fsp3) is 0.150. The highest BCUT2D eigenvalue weighted by Crippen LogP contribution is 2.40. The summed E-state index contributed by atoms with van der Waals surface area (Å²) >= 11 is 0. The summed E-state index contributed by atoms with van der Waals surface area (Å²) in [5.41, 5.74) is 0.985. The van der Waals surface area contributed by atoms with E-state index in [-0.39, 0.29) is 0 Å². The molecule has 0 fully saturated rings. The summed E-state index contributed by atoms with van der Waals surface area (Å²) in [6.45, 7) is 1.76. The zero-order valence-corrected chi connectivity index (χ0v) is 13.0. The fourth-order valence-corrected chi connectivity index (χ4v) is 3.04. The van der Waals surface area contributed by atoms with E-state index in [9.17, 15) is 10.3 Å². The molecule has 1 N–H and O–H groups in total. The Hall–Kier alpha value is -2.65. The third-order valence-corrected chi connectivity index (χ3v) is 4.20. The van der Waals surface area contributed by atoms with Gasteiger partial charge in [-0.15, -0.1) is 0 Å². The van der Waals surface area contributed by atoms with Crippen molar-refractivity contribution in [3.63, 3.8) is 0 Å². The van der Waals surface area contributed by atoms with Crippen LogP contribution in [0.15, 0.2) is 85.1 Å². The Morgan fingerprint density at radius 3 is 2.04 bits per heavy atom. The van der Waals surface area contributed by atoms with Gasteiger partial charge in [0.2, 0.25) is 5.69 Å². The van der Waals surface area contributed by atoms with Crippen molar-refractivity contribution in [1.82, 2.24) is 0 Å². The van der Waals surface area contributed by atoms with E-state index in [1.807, 2.05) is 66.7 Å². The minimum Gasteiger partial charge on any atom is -0.618 e. The van der Waals surface area contributed by atoms with Crippen LogP contribution in [-0.2, 0) is 5.60 Å². The molecular formula is C20H19NO2. The second-order valence-electron chi connectivity index (χ2n) is 5.81. The molecular weight excluding hydrogens is 286 g/mol. The van der Waals surface area contributed by atoms with E-state index in [1.165, 1.54) is 6.20 Å². The second kappa shape index (κ2) is 6.23. The summed E-state index contributed by atoms with van der Waals surface area (Å²) in [7, 11) is 0. The van der Waals surface area contributed by atoms with Gasteiger partial charge in [-0.2, -0.15) is 4.73 Å². The van der Waals surface area contributed by atoms with Crippen molar-refractivity contribution in [3.05, 3.63) is 107 Å². The number of hydrogen-bond acceptors (Lipinski definition) is 2. The van der Waals surface area contributed by atoms with E-state index in [0.29, 0.717) is 5.69 Å². The van der Waals surface area contributed by atoms with Gasteiger partial charge in [-0.1, -0.05) is 60.7 Å². The van der Waals surface area contributed by atoms with Crippen LogP contribution in [0, 0.1) is 5.21 Å². The highest BCUT2D eigenvalue weighted by atomic mass is 16.5. The van der Waals surface area contributed by atoms with Crippen molar-refractivity contribution in [2.75, 3.05) is 0 Å². The summed E-state index contributed by atoms with van der Waals surface area (Å²) < 4.78 is 0.828. The molecule has 23 heavy (non-hydrogen) atoms. The van der Waals surface area contributed by atoms with Crippen molar-refractivity contribution in [3.8, 4) is 0 Å². The standard InChI is InChI=1S/C20H19NO2/c1-20(22,17-12-6-3-7-13-17)19(16-10-4-2-5-11-16)18-14-8-9-15-21(18)23/h2-15,19,22H,1H3/t19-,20+/m0/s1. The van der Waals surface area contributed by atoms with E-state index >= 15 is 0 Å². The van der Waals surface area contributed by atoms with E-state index in [4.69, 9.17) is 0 Å². The SMILES string of the molecule is C[C@@](O)(c1ccccc1)[C@@H](c1ccccc1)c1cccc[n+]1[O-]. The van der Waals surface area contributed by atoms with Crippen LogP contribution < -0.4 is 4.73 Å². The smallest absolute Gasteiger partial charge is 0.203 e. The molecule has 0 saturated heterocycles. The lowest BCUT2D eigenvalue weighted by Gasteiger charge is -2.32. The summed E-state index contributed by atoms with van der Waals surface area (Å²) in [6.07, 6.45) is 1.46. The quantitative estimate of drug-likeness (QED) is 0.593. The molecule has 2 atom stereocenters. The molecule has 1 heterocycles. The Morgan fingerprint density at radius 1 is 0.870 bits per heavy atom. The van der Waals surface area contributed by atoms with Gasteiger partial charge in [-0.05, 0) is 24.1 Å². The van der Waals surface area contributed by atoms with E-state index < -0.39 is 11.5 Å². The molecule has 0 aliphatic heterocycles.